The third-order valence-electron chi connectivity index (χ3n) is 2.63. The van der Waals surface area contributed by atoms with Crippen molar-refractivity contribution in [3.8, 4) is 6.07 Å². The van der Waals surface area contributed by atoms with Gasteiger partial charge in [-0.05, 0) is 65.6 Å². The van der Waals surface area contributed by atoms with Gasteiger partial charge in [-0.2, -0.15) is 5.26 Å². The Labute approximate surface area is 108 Å². The summed E-state index contributed by atoms with van der Waals surface area (Å²) in [5, 5.41) is 11.7. The second kappa shape index (κ2) is 4.83. The predicted octanol–water partition coefficient (Wildman–Crippen LogP) is 2.32. The van der Waals surface area contributed by atoms with Crippen LogP contribution in [0.4, 0.5) is 0 Å². The van der Waals surface area contributed by atoms with Gasteiger partial charge in [-0.3, -0.25) is 4.79 Å². The molecule has 16 heavy (non-hydrogen) atoms. The fourth-order valence-electron chi connectivity index (χ4n) is 1.51. The van der Waals surface area contributed by atoms with Crippen molar-refractivity contribution in [2.24, 2.45) is 5.92 Å². The van der Waals surface area contributed by atoms with Crippen LogP contribution in [0.2, 0.25) is 0 Å². The molecular formula is C12H11IN2O. The standard InChI is InChI=1S/C12H11IN2O/c13-10-5-3-9(4-6-10)12(16)15-11(7-14)8-1-2-8/h3-6,8,11H,1-2H2,(H,15,16). The van der Waals surface area contributed by atoms with Gasteiger partial charge >= 0.3 is 0 Å². The summed E-state index contributed by atoms with van der Waals surface area (Å²) in [5.41, 5.74) is 0.612. The maximum Gasteiger partial charge on any atom is 0.252 e. The van der Waals surface area contributed by atoms with Crippen LogP contribution in [0.15, 0.2) is 24.3 Å². The molecule has 2 rings (SSSR count). The molecule has 1 fully saturated rings. The topological polar surface area (TPSA) is 52.9 Å². The zero-order valence-electron chi connectivity index (χ0n) is 8.61. The predicted molar refractivity (Wildman–Crippen MR) is 68.8 cm³/mol. The number of hydrogen-bond acceptors (Lipinski definition) is 2. The largest absolute Gasteiger partial charge is 0.336 e. The van der Waals surface area contributed by atoms with Crippen LogP contribution < -0.4 is 5.32 Å². The number of hydrogen-bond donors (Lipinski definition) is 1. The van der Waals surface area contributed by atoms with Crippen molar-refractivity contribution in [3.63, 3.8) is 0 Å². The summed E-state index contributed by atoms with van der Waals surface area (Å²) < 4.78 is 1.09. The average molecular weight is 326 g/mol. The molecule has 1 aromatic rings. The highest BCUT2D eigenvalue weighted by Gasteiger charge is 2.32. The van der Waals surface area contributed by atoms with E-state index in [0.29, 0.717) is 11.5 Å². The van der Waals surface area contributed by atoms with E-state index in [1.807, 2.05) is 12.1 Å². The van der Waals surface area contributed by atoms with E-state index >= 15 is 0 Å². The first-order valence-electron chi connectivity index (χ1n) is 5.17. The Morgan fingerprint density at radius 2 is 2.06 bits per heavy atom. The number of carbonyl (C=O) groups is 1. The van der Waals surface area contributed by atoms with Gasteiger partial charge in [0.15, 0.2) is 0 Å². The minimum absolute atomic E-state index is 0.158. The number of carbonyl (C=O) groups excluding carboxylic acids is 1. The lowest BCUT2D eigenvalue weighted by Crippen LogP contribution is -2.35. The van der Waals surface area contributed by atoms with Crippen molar-refractivity contribution in [2.75, 3.05) is 0 Å². The Balaban J connectivity index is 2.02. The molecule has 4 heteroatoms. The molecule has 1 aliphatic carbocycles. The van der Waals surface area contributed by atoms with E-state index in [2.05, 4.69) is 34.0 Å². The van der Waals surface area contributed by atoms with Gasteiger partial charge in [0.2, 0.25) is 0 Å². The zero-order valence-corrected chi connectivity index (χ0v) is 10.8. The molecule has 1 unspecified atom stereocenters. The Hall–Kier alpha value is -1.09. The van der Waals surface area contributed by atoms with Crippen LogP contribution in [0.25, 0.3) is 0 Å². The smallest absolute Gasteiger partial charge is 0.252 e. The molecule has 0 bridgehead atoms. The van der Waals surface area contributed by atoms with Crippen LogP contribution in [0.3, 0.4) is 0 Å². The van der Waals surface area contributed by atoms with Crippen molar-refractivity contribution >= 4 is 28.5 Å². The van der Waals surface area contributed by atoms with Gasteiger partial charge in [0.1, 0.15) is 6.04 Å². The monoisotopic (exact) mass is 326 g/mol. The summed E-state index contributed by atoms with van der Waals surface area (Å²) in [6.45, 7) is 0. The Bertz CT molecular complexity index is 431. The summed E-state index contributed by atoms with van der Waals surface area (Å²) >= 11 is 2.19. The molecule has 0 aromatic heterocycles. The van der Waals surface area contributed by atoms with Crippen molar-refractivity contribution in [3.05, 3.63) is 33.4 Å². The van der Waals surface area contributed by atoms with Gasteiger partial charge in [-0.1, -0.05) is 0 Å². The molecule has 1 aliphatic rings. The number of nitrogens with one attached hydrogen (secondary N) is 1. The molecule has 82 valence electrons. The SMILES string of the molecule is N#CC(NC(=O)c1ccc(I)cc1)C1CC1. The summed E-state index contributed by atoms with van der Waals surface area (Å²) in [7, 11) is 0. The van der Waals surface area contributed by atoms with E-state index in [-0.39, 0.29) is 11.9 Å². The molecule has 1 aromatic carbocycles. The maximum atomic E-state index is 11.8. The van der Waals surface area contributed by atoms with Crippen molar-refractivity contribution < 1.29 is 4.79 Å². The minimum atomic E-state index is -0.327. The second-order valence-corrected chi connectivity index (χ2v) is 5.17. The van der Waals surface area contributed by atoms with Gasteiger partial charge < -0.3 is 5.32 Å². The van der Waals surface area contributed by atoms with Gasteiger partial charge in [0.05, 0.1) is 6.07 Å². The first-order valence-corrected chi connectivity index (χ1v) is 6.24. The molecule has 1 N–H and O–H groups in total. The van der Waals surface area contributed by atoms with Crippen molar-refractivity contribution in [1.82, 2.24) is 5.32 Å². The normalized spacial score (nSPS) is 16.2. The second-order valence-electron chi connectivity index (χ2n) is 3.92. The lowest BCUT2D eigenvalue weighted by Gasteiger charge is -2.10. The number of halogens is 1. The molecule has 1 saturated carbocycles. The highest BCUT2D eigenvalue weighted by atomic mass is 127. The summed E-state index contributed by atoms with van der Waals surface area (Å²) in [5.74, 6) is 0.202. The number of nitrogens with zero attached hydrogens (tertiary/aromatic N) is 1. The molecule has 3 nitrogen and oxygen atoms in total. The Kier molecular flexibility index (Phi) is 3.44. The minimum Gasteiger partial charge on any atom is -0.336 e. The van der Waals surface area contributed by atoms with Crippen molar-refractivity contribution in [2.45, 2.75) is 18.9 Å². The zero-order chi connectivity index (χ0) is 11.5. The lowest BCUT2D eigenvalue weighted by molar-refractivity contribution is 0.0942. The van der Waals surface area contributed by atoms with Crippen LogP contribution in [0.5, 0.6) is 0 Å². The van der Waals surface area contributed by atoms with Gasteiger partial charge in [0, 0.05) is 9.13 Å². The molecule has 0 aliphatic heterocycles. The number of amides is 1. The van der Waals surface area contributed by atoms with Gasteiger partial charge in [-0.15, -0.1) is 0 Å². The third kappa shape index (κ3) is 2.73. The van der Waals surface area contributed by atoms with E-state index in [1.165, 1.54) is 0 Å². The fraction of sp³-hybridized carbons (Fsp3) is 0.333. The van der Waals surface area contributed by atoms with E-state index in [4.69, 9.17) is 5.26 Å². The van der Waals surface area contributed by atoms with E-state index < -0.39 is 0 Å². The van der Waals surface area contributed by atoms with Gasteiger partial charge in [-0.25, -0.2) is 0 Å². The summed E-state index contributed by atoms with van der Waals surface area (Å²) in [6.07, 6.45) is 2.09. The molecule has 0 spiro atoms. The third-order valence-corrected chi connectivity index (χ3v) is 3.34. The highest BCUT2D eigenvalue weighted by Crippen LogP contribution is 2.32. The van der Waals surface area contributed by atoms with Crippen molar-refractivity contribution in [1.29, 1.82) is 5.26 Å². The average Bonchev–Trinajstić information content (AvgIpc) is 3.10. The summed E-state index contributed by atoms with van der Waals surface area (Å²) in [6, 6.07) is 9.13. The lowest BCUT2D eigenvalue weighted by atomic mass is 10.1. The molecule has 0 heterocycles. The van der Waals surface area contributed by atoms with E-state index in [9.17, 15) is 4.79 Å². The maximum absolute atomic E-state index is 11.8. The van der Waals surface area contributed by atoms with E-state index in [1.54, 1.807) is 12.1 Å². The Morgan fingerprint density at radius 1 is 1.44 bits per heavy atom. The molecule has 0 saturated heterocycles. The fourth-order valence-corrected chi connectivity index (χ4v) is 1.87. The van der Waals surface area contributed by atoms with Crippen LogP contribution in [-0.2, 0) is 0 Å². The molecular weight excluding hydrogens is 315 g/mol. The Morgan fingerprint density at radius 3 is 2.56 bits per heavy atom. The van der Waals surface area contributed by atoms with Gasteiger partial charge in [0.25, 0.3) is 5.91 Å². The van der Waals surface area contributed by atoms with E-state index in [0.717, 1.165) is 16.4 Å². The number of benzene rings is 1. The highest BCUT2D eigenvalue weighted by molar-refractivity contribution is 14.1. The number of rotatable bonds is 3. The van der Waals surface area contributed by atoms with Crippen LogP contribution in [0, 0.1) is 20.8 Å². The quantitative estimate of drug-likeness (QED) is 0.867. The first kappa shape index (κ1) is 11.4. The summed E-state index contributed by atoms with van der Waals surface area (Å²) in [4.78, 5) is 11.8. The van der Waals surface area contributed by atoms with Crippen LogP contribution >= 0.6 is 22.6 Å². The molecule has 0 radical (unpaired) electrons. The van der Waals surface area contributed by atoms with Crippen LogP contribution in [-0.4, -0.2) is 11.9 Å². The first-order chi connectivity index (χ1) is 7.70. The molecule has 1 amide bonds. The van der Waals surface area contributed by atoms with Crippen LogP contribution in [0.1, 0.15) is 23.2 Å². The molecule has 1 atom stereocenters. The number of nitriles is 1.